The fraction of sp³-hybridized carbons (Fsp3) is 0.0769. The lowest BCUT2D eigenvalue weighted by Crippen LogP contribution is -2.23. The van der Waals surface area contributed by atoms with E-state index >= 15 is 0 Å². The molecule has 0 atom stereocenters. The lowest BCUT2D eigenvalue weighted by molar-refractivity contribution is 0.102. The van der Waals surface area contributed by atoms with Crippen LogP contribution in [0, 0.1) is 0 Å². The van der Waals surface area contributed by atoms with Gasteiger partial charge < -0.3 is 9.88 Å². The van der Waals surface area contributed by atoms with Crippen LogP contribution in [-0.4, -0.2) is 10.5 Å². The van der Waals surface area contributed by atoms with Crippen LogP contribution < -0.4 is 10.9 Å². The van der Waals surface area contributed by atoms with Crippen molar-refractivity contribution in [3.05, 3.63) is 63.0 Å². The minimum atomic E-state index is -0.306. The van der Waals surface area contributed by atoms with Crippen LogP contribution in [0.4, 0.5) is 5.69 Å². The van der Waals surface area contributed by atoms with Crippen LogP contribution in [0.25, 0.3) is 0 Å². The summed E-state index contributed by atoms with van der Waals surface area (Å²) in [7, 11) is 1.64. The Bertz CT molecular complexity index is 649. The van der Waals surface area contributed by atoms with Crippen molar-refractivity contribution < 1.29 is 4.79 Å². The number of amides is 1. The molecule has 92 valence electrons. The van der Waals surface area contributed by atoms with Gasteiger partial charge in [0.25, 0.3) is 11.5 Å². The van der Waals surface area contributed by atoms with Gasteiger partial charge in [-0.1, -0.05) is 22.0 Å². The number of nitrogens with zero attached hydrogens (tertiary/aromatic N) is 1. The first-order chi connectivity index (χ1) is 8.58. The van der Waals surface area contributed by atoms with Crippen molar-refractivity contribution in [1.29, 1.82) is 0 Å². The Balaban J connectivity index is 2.27. The number of anilines is 1. The first kappa shape index (κ1) is 12.6. The van der Waals surface area contributed by atoms with Crippen molar-refractivity contribution in [3.8, 4) is 0 Å². The average Bonchev–Trinajstić information content (AvgIpc) is 2.35. The summed E-state index contributed by atoms with van der Waals surface area (Å²) < 4.78 is 2.23. The Morgan fingerprint density at radius 1 is 1.28 bits per heavy atom. The molecule has 2 rings (SSSR count). The zero-order chi connectivity index (χ0) is 13.1. The summed E-state index contributed by atoms with van der Waals surface area (Å²) in [6.45, 7) is 0. The highest BCUT2D eigenvalue weighted by atomic mass is 79.9. The molecule has 5 heteroatoms. The van der Waals surface area contributed by atoms with Gasteiger partial charge in [0.2, 0.25) is 0 Å². The average molecular weight is 307 g/mol. The molecule has 1 aromatic heterocycles. The Labute approximate surface area is 112 Å². The van der Waals surface area contributed by atoms with Gasteiger partial charge in [0.05, 0.1) is 0 Å². The van der Waals surface area contributed by atoms with E-state index in [0.717, 1.165) is 4.47 Å². The molecule has 1 aromatic carbocycles. The summed E-state index contributed by atoms with van der Waals surface area (Å²) in [5.74, 6) is -0.306. The summed E-state index contributed by atoms with van der Waals surface area (Å²) in [5.41, 5.74) is 0.529. The van der Waals surface area contributed by atoms with Gasteiger partial charge in [-0.15, -0.1) is 0 Å². The summed E-state index contributed by atoms with van der Waals surface area (Å²) in [4.78, 5) is 23.7. The molecule has 0 aliphatic carbocycles. The second-order valence-corrected chi connectivity index (χ2v) is 4.72. The first-order valence-electron chi connectivity index (χ1n) is 5.30. The normalized spacial score (nSPS) is 10.1. The number of carbonyl (C=O) groups excluding carboxylic acids is 1. The molecular formula is C13H11BrN2O2. The Morgan fingerprint density at radius 3 is 2.78 bits per heavy atom. The maximum atomic E-state index is 11.9. The summed E-state index contributed by atoms with van der Waals surface area (Å²) in [6.07, 6.45) is 1.64. The quantitative estimate of drug-likeness (QED) is 0.926. The molecule has 0 unspecified atom stereocenters. The highest BCUT2D eigenvalue weighted by molar-refractivity contribution is 9.10. The standard InChI is InChI=1S/C13H11BrN2O2/c1-16-7-3-6-11(13(16)18)15-12(17)9-4-2-5-10(14)8-9/h2-8H,1H3,(H,15,17). The number of benzene rings is 1. The number of hydrogen-bond donors (Lipinski definition) is 1. The van der Waals surface area contributed by atoms with Gasteiger partial charge in [-0.25, -0.2) is 0 Å². The van der Waals surface area contributed by atoms with Crippen molar-refractivity contribution in [3.63, 3.8) is 0 Å². The lowest BCUT2D eigenvalue weighted by Gasteiger charge is -2.06. The minimum Gasteiger partial charge on any atom is -0.317 e. The van der Waals surface area contributed by atoms with E-state index in [0.29, 0.717) is 5.56 Å². The molecule has 0 fully saturated rings. The van der Waals surface area contributed by atoms with Gasteiger partial charge in [-0.3, -0.25) is 9.59 Å². The van der Waals surface area contributed by atoms with Crippen LogP contribution in [0.5, 0.6) is 0 Å². The molecule has 0 spiro atoms. The van der Waals surface area contributed by atoms with E-state index in [4.69, 9.17) is 0 Å². The molecule has 0 saturated carbocycles. The van der Waals surface area contributed by atoms with Crippen LogP contribution in [0.2, 0.25) is 0 Å². The van der Waals surface area contributed by atoms with Gasteiger partial charge in [-0.2, -0.15) is 0 Å². The Morgan fingerprint density at radius 2 is 2.06 bits per heavy atom. The number of nitrogens with one attached hydrogen (secondary N) is 1. The van der Waals surface area contributed by atoms with Crippen molar-refractivity contribution in [2.24, 2.45) is 7.05 Å². The number of carbonyl (C=O) groups is 1. The molecule has 0 radical (unpaired) electrons. The van der Waals surface area contributed by atoms with Crippen LogP contribution in [0.15, 0.2) is 51.9 Å². The van der Waals surface area contributed by atoms with Gasteiger partial charge in [0.1, 0.15) is 5.69 Å². The Hall–Kier alpha value is -1.88. The molecule has 1 amide bonds. The number of aromatic nitrogens is 1. The van der Waals surface area contributed by atoms with Gasteiger partial charge in [-0.05, 0) is 30.3 Å². The van der Waals surface area contributed by atoms with Crippen molar-refractivity contribution in [2.75, 3.05) is 5.32 Å². The number of hydrogen-bond acceptors (Lipinski definition) is 2. The van der Waals surface area contributed by atoms with Gasteiger partial charge >= 0.3 is 0 Å². The molecule has 0 aliphatic rings. The molecule has 4 nitrogen and oxygen atoms in total. The second-order valence-electron chi connectivity index (χ2n) is 3.80. The van der Waals surface area contributed by atoms with Gasteiger partial charge in [0, 0.05) is 23.3 Å². The topological polar surface area (TPSA) is 51.1 Å². The maximum absolute atomic E-state index is 11.9. The smallest absolute Gasteiger partial charge is 0.274 e. The van der Waals surface area contributed by atoms with E-state index in [-0.39, 0.29) is 17.2 Å². The summed E-state index contributed by atoms with van der Waals surface area (Å²) in [5, 5.41) is 2.60. The van der Waals surface area contributed by atoms with E-state index in [2.05, 4.69) is 21.2 Å². The number of rotatable bonds is 2. The van der Waals surface area contributed by atoms with E-state index in [1.807, 2.05) is 6.07 Å². The van der Waals surface area contributed by atoms with Crippen molar-refractivity contribution in [2.45, 2.75) is 0 Å². The fourth-order valence-electron chi connectivity index (χ4n) is 1.52. The minimum absolute atomic E-state index is 0.235. The molecule has 1 N–H and O–H groups in total. The fourth-order valence-corrected chi connectivity index (χ4v) is 1.92. The third-order valence-electron chi connectivity index (χ3n) is 2.46. The zero-order valence-corrected chi connectivity index (χ0v) is 11.3. The molecule has 2 aromatic rings. The highest BCUT2D eigenvalue weighted by Gasteiger charge is 2.08. The van der Waals surface area contributed by atoms with Crippen LogP contribution in [0.1, 0.15) is 10.4 Å². The number of pyridine rings is 1. The highest BCUT2D eigenvalue weighted by Crippen LogP contribution is 2.12. The zero-order valence-electron chi connectivity index (χ0n) is 9.68. The third kappa shape index (κ3) is 2.68. The SMILES string of the molecule is Cn1cccc(NC(=O)c2cccc(Br)c2)c1=O. The lowest BCUT2D eigenvalue weighted by atomic mass is 10.2. The predicted octanol–water partition coefficient (Wildman–Crippen LogP) is 2.40. The Kier molecular flexibility index (Phi) is 3.62. The predicted molar refractivity (Wildman–Crippen MR) is 73.8 cm³/mol. The van der Waals surface area contributed by atoms with Crippen LogP contribution in [-0.2, 0) is 7.05 Å². The largest absolute Gasteiger partial charge is 0.317 e. The molecule has 0 saturated heterocycles. The number of aryl methyl sites for hydroxylation is 1. The molecule has 0 bridgehead atoms. The van der Waals surface area contributed by atoms with E-state index in [9.17, 15) is 9.59 Å². The monoisotopic (exact) mass is 306 g/mol. The van der Waals surface area contributed by atoms with E-state index < -0.39 is 0 Å². The second kappa shape index (κ2) is 5.18. The van der Waals surface area contributed by atoms with Crippen LogP contribution >= 0.6 is 15.9 Å². The molecular weight excluding hydrogens is 296 g/mol. The van der Waals surface area contributed by atoms with Crippen molar-refractivity contribution in [1.82, 2.24) is 4.57 Å². The third-order valence-corrected chi connectivity index (χ3v) is 2.95. The molecule has 18 heavy (non-hydrogen) atoms. The summed E-state index contributed by atoms with van der Waals surface area (Å²) in [6, 6.07) is 10.3. The first-order valence-corrected chi connectivity index (χ1v) is 6.10. The van der Waals surface area contributed by atoms with Crippen LogP contribution in [0.3, 0.4) is 0 Å². The van der Waals surface area contributed by atoms with Gasteiger partial charge in [0.15, 0.2) is 0 Å². The van der Waals surface area contributed by atoms with E-state index in [1.54, 1.807) is 43.6 Å². The number of halogens is 1. The molecule has 1 heterocycles. The van der Waals surface area contributed by atoms with Crippen molar-refractivity contribution >= 4 is 27.5 Å². The maximum Gasteiger partial charge on any atom is 0.274 e. The van der Waals surface area contributed by atoms with E-state index in [1.165, 1.54) is 4.57 Å². The summed E-state index contributed by atoms with van der Waals surface area (Å²) >= 11 is 3.30. The molecule has 0 aliphatic heterocycles.